The molecule has 1 aliphatic rings. The molecule has 2 heterocycles. The quantitative estimate of drug-likeness (QED) is 0.328. The topological polar surface area (TPSA) is 133 Å². The lowest BCUT2D eigenvalue weighted by Crippen LogP contribution is -2.48. The van der Waals surface area contributed by atoms with Crippen LogP contribution in [0.2, 0.25) is 0 Å². The van der Waals surface area contributed by atoms with Crippen LogP contribution in [-0.4, -0.2) is 65.0 Å². The Morgan fingerprint density at radius 3 is 2.41 bits per heavy atom. The van der Waals surface area contributed by atoms with Crippen molar-refractivity contribution in [3.63, 3.8) is 0 Å². The Morgan fingerprint density at radius 2 is 1.81 bits per heavy atom. The Bertz CT molecular complexity index is 1430. The summed E-state index contributed by atoms with van der Waals surface area (Å²) in [6, 6.07) is 9.36. The van der Waals surface area contributed by atoms with Gasteiger partial charge in [-0.25, -0.2) is 23.8 Å². The molecule has 0 atom stereocenters. The summed E-state index contributed by atoms with van der Waals surface area (Å²) in [6.45, 7) is 3.69. The number of aromatic carboxylic acids is 1. The fourth-order valence-electron chi connectivity index (χ4n) is 4.45. The number of pyridine rings is 1. The molecule has 1 saturated heterocycles. The van der Waals surface area contributed by atoms with Crippen LogP contribution in [0.3, 0.4) is 0 Å². The second-order valence-corrected chi connectivity index (χ2v) is 8.54. The molecular weight excluding hydrogens is 486 g/mol. The molecule has 4 rings (SSSR count). The van der Waals surface area contributed by atoms with Crippen molar-refractivity contribution in [2.24, 2.45) is 10.8 Å². The van der Waals surface area contributed by atoms with Crippen molar-refractivity contribution < 1.29 is 23.5 Å². The number of nitrogens with one attached hydrogen (secondary N) is 1. The van der Waals surface area contributed by atoms with Gasteiger partial charge in [-0.05, 0) is 18.6 Å². The summed E-state index contributed by atoms with van der Waals surface area (Å²) in [5.41, 5.74) is 6.92. The van der Waals surface area contributed by atoms with E-state index in [-0.39, 0.29) is 36.2 Å². The number of carbonyl (C=O) groups is 2. The first-order valence-corrected chi connectivity index (χ1v) is 11.6. The first-order chi connectivity index (χ1) is 17.7. The van der Waals surface area contributed by atoms with Gasteiger partial charge in [0, 0.05) is 45.5 Å². The highest BCUT2D eigenvalue weighted by molar-refractivity contribution is 6.02. The van der Waals surface area contributed by atoms with Crippen LogP contribution in [0, 0.1) is 11.6 Å². The number of fused-ring (bicyclic) bond motifs is 1. The molecular formula is C25H26F2N6O4. The second kappa shape index (κ2) is 10.7. The van der Waals surface area contributed by atoms with Gasteiger partial charge >= 0.3 is 12.0 Å². The highest BCUT2D eigenvalue weighted by Gasteiger charge is 2.27. The maximum Gasteiger partial charge on any atom is 0.341 e. The number of aryl methyl sites for hydroxylation is 1. The molecule has 0 aliphatic carbocycles. The number of carboxylic acids is 1. The highest BCUT2D eigenvalue weighted by Crippen LogP contribution is 2.31. The van der Waals surface area contributed by atoms with E-state index >= 15 is 8.78 Å². The number of primary amides is 1. The lowest BCUT2D eigenvalue weighted by atomic mass is 10.1. The number of aromatic nitrogens is 1. The number of anilines is 1. The highest BCUT2D eigenvalue weighted by atomic mass is 19.1. The van der Waals surface area contributed by atoms with Crippen LogP contribution in [-0.2, 0) is 6.54 Å². The number of carboxylic acid groups (broad SMARTS) is 1. The van der Waals surface area contributed by atoms with Crippen LogP contribution in [0.15, 0.2) is 52.5 Å². The third-order valence-electron chi connectivity index (χ3n) is 6.27. The van der Waals surface area contributed by atoms with Gasteiger partial charge in [0.2, 0.25) is 5.43 Å². The van der Waals surface area contributed by atoms with Gasteiger partial charge in [0.15, 0.2) is 5.82 Å². The molecule has 0 radical (unpaired) electrons. The van der Waals surface area contributed by atoms with Gasteiger partial charge in [-0.1, -0.05) is 30.3 Å². The van der Waals surface area contributed by atoms with E-state index in [0.29, 0.717) is 25.3 Å². The van der Waals surface area contributed by atoms with Crippen molar-refractivity contribution in [2.45, 2.75) is 13.5 Å². The third kappa shape index (κ3) is 5.28. The van der Waals surface area contributed by atoms with Gasteiger partial charge in [-0.15, -0.1) is 0 Å². The molecule has 10 nitrogen and oxygen atoms in total. The number of amides is 2. The summed E-state index contributed by atoms with van der Waals surface area (Å²) in [6.07, 6.45) is 1.08. The van der Waals surface area contributed by atoms with Gasteiger partial charge in [0.05, 0.1) is 16.6 Å². The van der Waals surface area contributed by atoms with E-state index in [9.17, 15) is 19.5 Å². The Morgan fingerprint density at radius 1 is 1.14 bits per heavy atom. The molecule has 0 unspecified atom stereocenters. The van der Waals surface area contributed by atoms with E-state index < -0.39 is 34.6 Å². The summed E-state index contributed by atoms with van der Waals surface area (Å²) in [4.78, 5) is 38.8. The van der Waals surface area contributed by atoms with Crippen LogP contribution >= 0.6 is 0 Å². The van der Waals surface area contributed by atoms with Gasteiger partial charge in [0.25, 0.3) is 0 Å². The number of hydrogen-bond donors (Lipinski definition) is 3. The zero-order valence-electron chi connectivity index (χ0n) is 20.1. The Labute approximate surface area is 210 Å². The lowest BCUT2D eigenvalue weighted by Gasteiger charge is -2.36. The molecule has 3 aromatic rings. The number of piperazine rings is 1. The second-order valence-electron chi connectivity index (χ2n) is 8.54. The molecule has 0 bridgehead atoms. The fourth-order valence-corrected chi connectivity index (χ4v) is 4.45. The molecule has 4 N–H and O–H groups in total. The van der Waals surface area contributed by atoms with Crippen LogP contribution in [0.4, 0.5) is 19.3 Å². The molecule has 0 spiro atoms. The summed E-state index contributed by atoms with van der Waals surface area (Å²) in [7, 11) is 0. The standard InChI is InChI=1S/C25H26F2N6O4/c1-2-32-13-17(24(35)36)23(34)16-12-18(26)22(20(27)21(16)32)33-10-8-31(9-11-33)14-19(29-30-25(28)37)15-6-4-3-5-7-15/h3-7,12-13H,2,8-11,14H2,1H3,(H,35,36)(H3,28,30,37)/b29-19-. The van der Waals surface area contributed by atoms with E-state index in [0.717, 1.165) is 17.8 Å². The number of nitrogens with two attached hydrogens (primary N) is 1. The smallest absolute Gasteiger partial charge is 0.341 e. The molecule has 1 aromatic heterocycles. The Hall–Kier alpha value is -4.32. The van der Waals surface area contributed by atoms with Crippen LogP contribution in [0.25, 0.3) is 10.9 Å². The molecule has 1 aliphatic heterocycles. The fraction of sp³-hybridized carbons (Fsp3) is 0.280. The monoisotopic (exact) mass is 512 g/mol. The maximum atomic E-state index is 15.7. The SMILES string of the molecule is CCn1cc(C(=O)O)c(=O)c2cc(F)c(N3CCN(C/C(=N/NC(N)=O)c4ccccc4)CC3)c(F)c21. The van der Waals surface area contributed by atoms with Crippen LogP contribution in [0.1, 0.15) is 22.8 Å². The molecule has 12 heteroatoms. The average Bonchev–Trinajstić information content (AvgIpc) is 2.88. The maximum absolute atomic E-state index is 15.7. The van der Waals surface area contributed by atoms with Gasteiger partial charge in [-0.2, -0.15) is 5.10 Å². The van der Waals surface area contributed by atoms with Crippen molar-refractivity contribution in [1.29, 1.82) is 0 Å². The van der Waals surface area contributed by atoms with Crippen molar-refractivity contribution in [2.75, 3.05) is 37.6 Å². The number of benzene rings is 2. The minimum absolute atomic E-state index is 0.132. The summed E-state index contributed by atoms with van der Waals surface area (Å²) in [5.74, 6) is -3.30. The predicted molar refractivity (Wildman–Crippen MR) is 135 cm³/mol. The zero-order chi connectivity index (χ0) is 26.7. The van der Waals surface area contributed by atoms with Crippen molar-refractivity contribution >= 4 is 34.3 Å². The predicted octanol–water partition coefficient (Wildman–Crippen LogP) is 2.19. The van der Waals surface area contributed by atoms with Gasteiger partial charge in [0.1, 0.15) is 17.1 Å². The van der Waals surface area contributed by atoms with E-state index in [4.69, 9.17) is 5.73 Å². The minimum atomic E-state index is -1.46. The molecule has 37 heavy (non-hydrogen) atoms. The molecule has 2 aromatic carbocycles. The number of hydrogen-bond acceptors (Lipinski definition) is 6. The summed E-state index contributed by atoms with van der Waals surface area (Å²) in [5, 5.41) is 13.1. The molecule has 1 fully saturated rings. The van der Waals surface area contributed by atoms with E-state index in [1.807, 2.05) is 35.2 Å². The largest absolute Gasteiger partial charge is 0.477 e. The number of rotatable bonds is 7. The number of hydrazone groups is 1. The molecule has 2 amide bonds. The van der Waals surface area contributed by atoms with Crippen molar-refractivity contribution in [3.05, 3.63) is 75.6 Å². The molecule has 194 valence electrons. The first-order valence-electron chi connectivity index (χ1n) is 11.6. The Kier molecular flexibility index (Phi) is 7.48. The third-order valence-corrected chi connectivity index (χ3v) is 6.27. The normalized spacial score (nSPS) is 14.7. The lowest BCUT2D eigenvalue weighted by molar-refractivity contribution is 0.0694. The Balaban J connectivity index is 1.60. The zero-order valence-corrected chi connectivity index (χ0v) is 20.1. The first kappa shape index (κ1) is 25.8. The summed E-state index contributed by atoms with van der Waals surface area (Å²) < 4.78 is 32.2. The van der Waals surface area contributed by atoms with Crippen molar-refractivity contribution in [1.82, 2.24) is 14.9 Å². The number of urea groups is 1. The van der Waals surface area contributed by atoms with E-state index in [1.54, 1.807) is 11.8 Å². The van der Waals surface area contributed by atoms with Crippen LogP contribution in [0.5, 0.6) is 0 Å². The molecule has 0 saturated carbocycles. The van der Waals surface area contributed by atoms with E-state index in [1.165, 1.54) is 4.57 Å². The number of nitrogens with zero attached hydrogens (tertiary/aromatic N) is 4. The van der Waals surface area contributed by atoms with Crippen molar-refractivity contribution in [3.8, 4) is 0 Å². The van der Waals surface area contributed by atoms with Gasteiger partial charge in [-0.3, -0.25) is 9.69 Å². The number of halogens is 2. The summed E-state index contributed by atoms with van der Waals surface area (Å²) >= 11 is 0. The minimum Gasteiger partial charge on any atom is -0.477 e. The van der Waals surface area contributed by atoms with Gasteiger partial charge < -0.3 is 20.3 Å². The average molecular weight is 513 g/mol. The van der Waals surface area contributed by atoms with Crippen LogP contribution < -0.4 is 21.5 Å². The van der Waals surface area contributed by atoms with E-state index in [2.05, 4.69) is 10.5 Å². The number of carbonyl (C=O) groups excluding carboxylic acids is 1.